The van der Waals surface area contributed by atoms with Crippen molar-refractivity contribution in [2.45, 2.75) is 37.0 Å². The molecule has 11 rings (SSSR count). The highest BCUT2D eigenvalue weighted by Gasteiger charge is 2.53. The first-order valence-electron chi connectivity index (χ1n) is 20.4. The van der Waals surface area contributed by atoms with Crippen LogP contribution in [0.1, 0.15) is 76.3 Å². The van der Waals surface area contributed by atoms with E-state index in [1.54, 1.807) is 0 Å². The Hall–Kier alpha value is -6.81. The SMILES string of the molecule is CC1(C)c2ccccc2C2(c3ccccc3-c3c(C4=NC(c5ccccc5)NC(c5ccc(-c6ccccc6-c6ccccc6)cc5)N4)cccc32)c2ccccc21. The minimum Gasteiger partial charge on any atom is -0.350 e. The molecule has 278 valence electrons. The standard InChI is InChI=1S/C55H43N3/c1-54(2)45-27-13-15-29-47(45)55(48-30-16-14-28-46(48)54)44-26-12-11-24-42(44)50-43(25-17-31-49(50)55)53-57-51(38-20-7-4-8-21-38)56-52(58-53)39-34-32-37(33-35-39)41-23-10-9-22-40(41)36-18-5-3-6-19-36/h3-35,51-52,56H,1-2H3,(H,57,58). The molecule has 58 heavy (non-hydrogen) atoms. The zero-order chi connectivity index (χ0) is 38.8. The van der Waals surface area contributed by atoms with Crippen LogP contribution in [0.25, 0.3) is 33.4 Å². The molecular weight excluding hydrogens is 703 g/mol. The summed E-state index contributed by atoms with van der Waals surface area (Å²) in [5.41, 5.74) is 18.2. The number of hydrogen-bond acceptors (Lipinski definition) is 3. The lowest BCUT2D eigenvalue weighted by atomic mass is 9.55. The zero-order valence-corrected chi connectivity index (χ0v) is 32.7. The van der Waals surface area contributed by atoms with Crippen LogP contribution in [0, 0.1) is 0 Å². The van der Waals surface area contributed by atoms with Gasteiger partial charge in [-0.1, -0.05) is 214 Å². The molecule has 0 bridgehead atoms. The average molecular weight is 746 g/mol. The summed E-state index contributed by atoms with van der Waals surface area (Å²) in [6.07, 6.45) is -0.436. The highest BCUT2D eigenvalue weighted by molar-refractivity contribution is 6.08. The number of aliphatic imine (C=N–C) groups is 1. The molecule has 0 radical (unpaired) electrons. The van der Waals surface area contributed by atoms with Crippen LogP contribution in [0.3, 0.4) is 0 Å². The Morgan fingerprint density at radius 1 is 0.397 bits per heavy atom. The lowest BCUT2D eigenvalue weighted by Gasteiger charge is -2.46. The van der Waals surface area contributed by atoms with E-state index in [9.17, 15) is 0 Å². The van der Waals surface area contributed by atoms with Gasteiger partial charge < -0.3 is 5.32 Å². The van der Waals surface area contributed by atoms with E-state index in [2.05, 4.69) is 225 Å². The van der Waals surface area contributed by atoms with Crippen LogP contribution in [-0.4, -0.2) is 5.84 Å². The second-order valence-electron chi connectivity index (χ2n) is 16.3. The van der Waals surface area contributed by atoms with Crippen molar-refractivity contribution in [1.29, 1.82) is 0 Å². The van der Waals surface area contributed by atoms with Crippen molar-refractivity contribution in [3.8, 4) is 33.4 Å². The maximum atomic E-state index is 5.50. The van der Waals surface area contributed by atoms with Crippen LogP contribution >= 0.6 is 0 Å². The fraction of sp³-hybridized carbons (Fsp3) is 0.109. The predicted molar refractivity (Wildman–Crippen MR) is 238 cm³/mol. The van der Waals surface area contributed by atoms with Gasteiger partial charge in [0.25, 0.3) is 0 Å². The van der Waals surface area contributed by atoms with Crippen LogP contribution < -0.4 is 10.6 Å². The average Bonchev–Trinajstić information content (AvgIpc) is 3.60. The number of nitrogens with one attached hydrogen (secondary N) is 2. The first kappa shape index (κ1) is 34.4. The van der Waals surface area contributed by atoms with Gasteiger partial charge in [-0.3, -0.25) is 5.32 Å². The summed E-state index contributed by atoms with van der Waals surface area (Å²) in [5.74, 6) is 0.887. The molecule has 1 heterocycles. The van der Waals surface area contributed by atoms with Gasteiger partial charge in [-0.25, -0.2) is 4.99 Å². The van der Waals surface area contributed by atoms with Crippen LogP contribution in [0.2, 0.25) is 0 Å². The summed E-state index contributed by atoms with van der Waals surface area (Å²) in [6.45, 7) is 4.75. The molecule has 2 atom stereocenters. The third-order valence-corrected chi connectivity index (χ3v) is 12.9. The Balaban J connectivity index is 1.06. The summed E-state index contributed by atoms with van der Waals surface area (Å²) < 4.78 is 0. The van der Waals surface area contributed by atoms with Crippen molar-refractivity contribution in [1.82, 2.24) is 10.6 Å². The Bertz CT molecular complexity index is 2820. The van der Waals surface area contributed by atoms with E-state index < -0.39 is 5.41 Å². The minimum atomic E-state index is -0.470. The van der Waals surface area contributed by atoms with Crippen molar-refractivity contribution < 1.29 is 0 Å². The second-order valence-corrected chi connectivity index (χ2v) is 16.3. The minimum absolute atomic E-state index is 0.149. The molecule has 2 aliphatic carbocycles. The monoisotopic (exact) mass is 745 g/mol. The third kappa shape index (κ3) is 5.13. The van der Waals surface area contributed by atoms with Crippen LogP contribution in [0.5, 0.6) is 0 Å². The molecule has 0 aromatic heterocycles. The highest BCUT2D eigenvalue weighted by atomic mass is 15.3. The first-order valence-corrected chi connectivity index (χ1v) is 20.4. The van der Waals surface area contributed by atoms with Crippen LogP contribution in [-0.2, 0) is 10.8 Å². The number of amidine groups is 1. The summed E-state index contributed by atoms with van der Waals surface area (Å²) in [4.78, 5) is 5.50. The molecule has 2 N–H and O–H groups in total. The number of nitrogens with zero attached hydrogens (tertiary/aromatic N) is 1. The van der Waals surface area contributed by atoms with Gasteiger partial charge in [0.15, 0.2) is 0 Å². The lowest BCUT2D eigenvalue weighted by molar-refractivity contribution is 0.409. The van der Waals surface area contributed by atoms with Crippen molar-refractivity contribution in [2.75, 3.05) is 0 Å². The molecule has 3 aliphatic rings. The zero-order valence-electron chi connectivity index (χ0n) is 32.7. The lowest BCUT2D eigenvalue weighted by Crippen LogP contribution is -2.45. The van der Waals surface area contributed by atoms with Gasteiger partial charge >= 0.3 is 0 Å². The first-order chi connectivity index (χ1) is 28.5. The van der Waals surface area contributed by atoms with E-state index in [1.807, 2.05) is 0 Å². The normalized spacial score (nSPS) is 17.9. The van der Waals surface area contributed by atoms with Crippen LogP contribution in [0.4, 0.5) is 0 Å². The molecule has 0 saturated carbocycles. The maximum absolute atomic E-state index is 5.50. The molecule has 8 aromatic rings. The van der Waals surface area contributed by atoms with Gasteiger partial charge in [-0.05, 0) is 77.9 Å². The van der Waals surface area contributed by atoms with Crippen molar-refractivity contribution in [3.63, 3.8) is 0 Å². The molecule has 2 unspecified atom stereocenters. The summed E-state index contributed by atoms with van der Waals surface area (Å²) >= 11 is 0. The number of benzene rings is 8. The topological polar surface area (TPSA) is 36.4 Å². The fourth-order valence-electron chi connectivity index (χ4n) is 10.2. The number of rotatable bonds is 5. The van der Waals surface area contributed by atoms with E-state index in [0.717, 1.165) is 22.5 Å². The van der Waals surface area contributed by atoms with Gasteiger partial charge in [0.05, 0.1) is 5.41 Å². The Labute approximate surface area is 340 Å². The molecule has 1 spiro atoms. The third-order valence-electron chi connectivity index (χ3n) is 12.9. The molecule has 3 nitrogen and oxygen atoms in total. The molecule has 0 saturated heterocycles. The molecular formula is C55H43N3. The molecule has 3 heteroatoms. The van der Waals surface area contributed by atoms with Gasteiger partial charge in [-0.15, -0.1) is 0 Å². The molecule has 0 fully saturated rings. The highest BCUT2D eigenvalue weighted by Crippen LogP contribution is 2.62. The van der Waals surface area contributed by atoms with E-state index in [1.165, 1.54) is 66.8 Å². The number of fused-ring (bicyclic) bond motifs is 9. The quantitative estimate of drug-likeness (QED) is 0.184. The Morgan fingerprint density at radius 2 is 0.879 bits per heavy atom. The smallest absolute Gasteiger partial charge is 0.132 e. The predicted octanol–water partition coefficient (Wildman–Crippen LogP) is 12.4. The maximum Gasteiger partial charge on any atom is 0.132 e. The summed E-state index contributed by atoms with van der Waals surface area (Å²) in [6, 6.07) is 73.1. The second kappa shape index (κ2) is 13.4. The molecule has 0 amide bonds. The van der Waals surface area contributed by atoms with Gasteiger partial charge in [0.1, 0.15) is 18.2 Å². The van der Waals surface area contributed by atoms with E-state index in [4.69, 9.17) is 4.99 Å². The van der Waals surface area contributed by atoms with Crippen LogP contribution in [0.15, 0.2) is 205 Å². The number of hydrogen-bond donors (Lipinski definition) is 2. The summed E-state index contributed by atoms with van der Waals surface area (Å²) in [7, 11) is 0. The van der Waals surface area contributed by atoms with Crippen molar-refractivity contribution in [3.05, 3.63) is 250 Å². The fourth-order valence-corrected chi connectivity index (χ4v) is 10.2. The molecule has 1 aliphatic heterocycles. The molecule has 8 aromatic carbocycles. The van der Waals surface area contributed by atoms with Gasteiger partial charge in [0.2, 0.25) is 0 Å². The summed E-state index contributed by atoms with van der Waals surface area (Å²) in [5, 5.41) is 7.79. The van der Waals surface area contributed by atoms with E-state index in [0.29, 0.717) is 0 Å². The Kier molecular flexibility index (Phi) is 7.96. The largest absolute Gasteiger partial charge is 0.350 e. The van der Waals surface area contributed by atoms with Crippen molar-refractivity contribution in [2.24, 2.45) is 4.99 Å². The van der Waals surface area contributed by atoms with E-state index >= 15 is 0 Å². The Morgan fingerprint density at radius 3 is 1.52 bits per heavy atom. The van der Waals surface area contributed by atoms with E-state index in [-0.39, 0.29) is 17.7 Å². The van der Waals surface area contributed by atoms with Gasteiger partial charge in [0, 0.05) is 11.0 Å². The van der Waals surface area contributed by atoms with Crippen molar-refractivity contribution >= 4 is 5.84 Å². The van der Waals surface area contributed by atoms with Gasteiger partial charge in [-0.2, -0.15) is 0 Å².